The summed E-state index contributed by atoms with van der Waals surface area (Å²) in [5.74, 6) is 0.737. The van der Waals surface area contributed by atoms with Crippen molar-refractivity contribution in [2.75, 3.05) is 38.5 Å². The number of nitrogens with zero attached hydrogens (tertiary/aromatic N) is 3. The summed E-state index contributed by atoms with van der Waals surface area (Å²) in [5.41, 5.74) is 1.60. The summed E-state index contributed by atoms with van der Waals surface area (Å²) >= 11 is 3.44. The summed E-state index contributed by atoms with van der Waals surface area (Å²) in [6.45, 7) is 3.37. The molecule has 0 saturated carbocycles. The van der Waals surface area contributed by atoms with Crippen molar-refractivity contribution >= 4 is 33.3 Å². The Kier molecular flexibility index (Phi) is 4.93. The minimum atomic E-state index is 0.0674. The van der Waals surface area contributed by atoms with E-state index < -0.39 is 0 Å². The quantitative estimate of drug-likeness (QED) is 0.896. The van der Waals surface area contributed by atoms with Crippen molar-refractivity contribution < 1.29 is 4.79 Å². The Labute approximate surface area is 144 Å². The van der Waals surface area contributed by atoms with Crippen molar-refractivity contribution in [3.8, 4) is 0 Å². The number of hydrogen-bond acceptors (Lipinski definition) is 4. The van der Waals surface area contributed by atoms with Crippen LogP contribution in [-0.4, -0.2) is 53.9 Å². The van der Waals surface area contributed by atoms with E-state index in [1.54, 1.807) is 12.3 Å². The molecule has 0 bridgehead atoms. The van der Waals surface area contributed by atoms with Crippen molar-refractivity contribution in [2.24, 2.45) is 0 Å². The van der Waals surface area contributed by atoms with Gasteiger partial charge >= 0.3 is 0 Å². The Morgan fingerprint density at radius 2 is 1.96 bits per heavy atom. The number of nitrogens with one attached hydrogen (secondary N) is 1. The molecule has 0 spiro atoms. The zero-order valence-corrected chi connectivity index (χ0v) is 14.6. The molecule has 6 heteroatoms. The van der Waals surface area contributed by atoms with Crippen LogP contribution in [0.4, 0.5) is 11.5 Å². The highest BCUT2D eigenvalue weighted by atomic mass is 79.9. The second-order valence-electron chi connectivity index (χ2n) is 5.66. The number of rotatable bonds is 3. The maximum atomic E-state index is 12.6. The molecule has 0 atom stereocenters. The third-order valence-corrected chi connectivity index (χ3v) is 4.39. The van der Waals surface area contributed by atoms with E-state index in [1.807, 2.05) is 35.2 Å². The second kappa shape index (κ2) is 7.10. The standard InChI is InChI=1S/C17H19BrN4O/c1-21-7-9-22(10-8-21)17(23)13-5-6-19-16(11-13)20-15-4-2-3-14(18)12-15/h2-6,11-12H,7-10H2,1H3,(H,19,20). The van der Waals surface area contributed by atoms with Crippen LogP contribution in [0.15, 0.2) is 47.1 Å². The molecule has 1 N–H and O–H groups in total. The lowest BCUT2D eigenvalue weighted by atomic mass is 10.2. The first-order valence-corrected chi connectivity index (χ1v) is 8.37. The number of pyridine rings is 1. The minimum Gasteiger partial charge on any atom is -0.340 e. The summed E-state index contributed by atoms with van der Waals surface area (Å²) in [6.07, 6.45) is 1.67. The fraction of sp³-hybridized carbons (Fsp3) is 0.294. The molecule has 23 heavy (non-hydrogen) atoms. The van der Waals surface area contributed by atoms with Crippen molar-refractivity contribution in [3.63, 3.8) is 0 Å². The number of benzene rings is 1. The number of carbonyl (C=O) groups excluding carboxylic acids is 1. The van der Waals surface area contributed by atoms with E-state index in [2.05, 4.69) is 38.2 Å². The molecular weight excluding hydrogens is 356 g/mol. The highest BCUT2D eigenvalue weighted by Gasteiger charge is 2.20. The number of anilines is 2. The van der Waals surface area contributed by atoms with Crippen molar-refractivity contribution in [3.05, 3.63) is 52.6 Å². The van der Waals surface area contributed by atoms with Gasteiger partial charge in [-0.05, 0) is 37.4 Å². The molecule has 1 aliphatic rings. The normalized spacial score (nSPS) is 15.5. The summed E-state index contributed by atoms with van der Waals surface area (Å²) < 4.78 is 0.993. The lowest BCUT2D eigenvalue weighted by Gasteiger charge is -2.32. The van der Waals surface area contributed by atoms with Gasteiger partial charge in [-0.1, -0.05) is 22.0 Å². The predicted molar refractivity (Wildman–Crippen MR) is 95.1 cm³/mol. The van der Waals surface area contributed by atoms with Gasteiger partial charge < -0.3 is 15.1 Å². The number of hydrogen-bond donors (Lipinski definition) is 1. The molecule has 0 radical (unpaired) electrons. The Hall–Kier alpha value is -1.92. The monoisotopic (exact) mass is 374 g/mol. The van der Waals surface area contributed by atoms with E-state index in [4.69, 9.17) is 0 Å². The van der Waals surface area contributed by atoms with Crippen LogP contribution in [0.3, 0.4) is 0 Å². The number of aromatic nitrogens is 1. The molecule has 1 amide bonds. The highest BCUT2D eigenvalue weighted by molar-refractivity contribution is 9.10. The van der Waals surface area contributed by atoms with E-state index in [1.165, 1.54) is 0 Å². The van der Waals surface area contributed by atoms with Crippen LogP contribution in [0.5, 0.6) is 0 Å². The molecule has 3 rings (SSSR count). The van der Waals surface area contributed by atoms with Gasteiger partial charge in [0.2, 0.25) is 0 Å². The number of piperazine rings is 1. The van der Waals surface area contributed by atoms with Crippen LogP contribution < -0.4 is 5.32 Å². The predicted octanol–water partition coefficient (Wildman–Crippen LogP) is 2.98. The van der Waals surface area contributed by atoms with Crippen LogP contribution >= 0.6 is 15.9 Å². The lowest BCUT2D eigenvalue weighted by molar-refractivity contribution is 0.0664. The molecule has 1 aromatic heterocycles. The third-order valence-electron chi connectivity index (χ3n) is 3.89. The first-order chi connectivity index (χ1) is 11.1. The Morgan fingerprint density at radius 3 is 2.70 bits per heavy atom. The van der Waals surface area contributed by atoms with E-state index >= 15 is 0 Å². The van der Waals surface area contributed by atoms with E-state index in [0.29, 0.717) is 11.4 Å². The molecule has 1 fully saturated rings. The minimum absolute atomic E-state index is 0.0674. The molecule has 2 aromatic rings. The van der Waals surface area contributed by atoms with Gasteiger partial charge in [-0.3, -0.25) is 4.79 Å². The summed E-state index contributed by atoms with van der Waals surface area (Å²) in [6, 6.07) is 11.4. The van der Waals surface area contributed by atoms with Gasteiger partial charge in [0.15, 0.2) is 0 Å². The highest BCUT2D eigenvalue weighted by Crippen LogP contribution is 2.20. The molecule has 120 valence electrons. The molecule has 1 aliphatic heterocycles. The molecular formula is C17H19BrN4O. The average molecular weight is 375 g/mol. The topological polar surface area (TPSA) is 48.5 Å². The fourth-order valence-corrected chi connectivity index (χ4v) is 2.94. The largest absolute Gasteiger partial charge is 0.340 e. The maximum absolute atomic E-state index is 12.6. The van der Waals surface area contributed by atoms with Crippen molar-refractivity contribution in [2.45, 2.75) is 0 Å². The Balaban J connectivity index is 1.73. The van der Waals surface area contributed by atoms with Gasteiger partial charge in [0, 0.05) is 48.1 Å². The maximum Gasteiger partial charge on any atom is 0.254 e. The average Bonchev–Trinajstić information content (AvgIpc) is 2.55. The number of likely N-dealkylation sites (N-methyl/N-ethyl adjacent to an activating group) is 1. The lowest BCUT2D eigenvalue weighted by Crippen LogP contribution is -2.47. The first-order valence-electron chi connectivity index (χ1n) is 7.58. The van der Waals surface area contributed by atoms with Crippen LogP contribution in [-0.2, 0) is 0 Å². The summed E-state index contributed by atoms with van der Waals surface area (Å²) in [5, 5.41) is 3.23. The second-order valence-corrected chi connectivity index (χ2v) is 6.58. The number of amides is 1. The number of carbonyl (C=O) groups is 1. The van der Waals surface area contributed by atoms with E-state index in [9.17, 15) is 4.79 Å². The third kappa shape index (κ3) is 4.09. The fourth-order valence-electron chi connectivity index (χ4n) is 2.54. The zero-order valence-electron chi connectivity index (χ0n) is 13.0. The van der Waals surface area contributed by atoms with Gasteiger partial charge in [0.1, 0.15) is 5.82 Å². The summed E-state index contributed by atoms with van der Waals surface area (Å²) in [7, 11) is 2.08. The number of halogens is 1. The van der Waals surface area contributed by atoms with Gasteiger partial charge in [-0.15, -0.1) is 0 Å². The van der Waals surface area contributed by atoms with Crippen molar-refractivity contribution in [1.29, 1.82) is 0 Å². The van der Waals surface area contributed by atoms with Crippen LogP contribution in [0.25, 0.3) is 0 Å². The molecule has 1 saturated heterocycles. The smallest absolute Gasteiger partial charge is 0.254 e. The van der Waals surface area contributed by atoms with E-state index in [-0.39, 0.29) is 5.91 Å². The van der Waals surface area contributed by atoms with Crippen LogP contribution in [0.1, 0.15) is 10.4 Å². The first kappa shape index (κ1) is 16.0. The Morgan fingerprint density at radius 1 is 1.17 bits per heavy atom. The summed E-state index contributed by atoms with van der Waals surface area (Å²) in [4.78, 5) is 21.0. The van der Waals surface area contributed by atoms with Gasteiger partial charge in [0.05, 0.1) is 0 Å². The van der Waals surface area contributed by atoms with E-state index in [0.717, 1.165) is 36.3 Å². The van der Waals surface area contributed by atoms with Crippen molar-refractivity contribution in [1.82, 2.24) is 14.8 Å². The SMILES string of the molecule is CN1CCN(C(=O)c2ccnc(Nc3cccc(Br)c3)c2)CC1. The molecule has 5 nitrogen and oxygen atoms in total. The van der Waals surface area contributed by atoms with Gasteiger partial charge in [0.25, 0.3) is 5.91 Å². The Bertz CT molecular complexity index is 698. The van der Waals surface area contributed by atoms with Gasteiger partial charge in [-0.2, -0.15) is 0 Å². The zero-order chi connectivity index (χ0) is 16.2. The molecule has 0 aliphatic carbocycles. The molecule has 0 unspecified atom stereocenters. The van der Waals surface area contributed by atoms with Crippen LogP contribution in [0, 0.1) is 0 Å². The van der Waals surface area contributed by atoms with Crippen LogP contribution in [0.2, 0.25) is 0 Å². The molecule has 2 heterocycles. The van der Waals surface area contributed by atoms with Gasteiger partial charge in [-0.25, -0.2) is 4.98 Å². The molecule has 1 aromatic carbocycles.